The summed E-state index contributed by atoms with van der Waals surface area (Å²) < 4.78 is 0. The number of nitrogens with zero attached hydrogens (tertiary/aromatic N) is 3. The van der Waals surface area contributed by atoms with Gasteiger partial charge in [0.15, 0.2) is 0 Å². The van der Waals surface area contributed by atoms with Crippen LogP contribution in [0.5, 0.6) is 0 Å². The molecule has 2 N–H and O–H groups in total. The average Bonchev–Trinajstić information content (AvgIpc) is 2.78. The predicted octanol–water partition coefficient (Wildman–Crippen LogP) is 0.407. The van der Waals surface area contributed by atoms with Gasteiger partial charge in [-0.2, -0.15) is 5.26 Å². The molecule has 1 unspecified atom stereocenters. The molecule has 1 atom stereocenters. The third-order valence-electron chi connectivity index (χ3n) is 2.72. The highest BCUT2D eigenvalue weighted by Gasteiger charge is 2.29. The number of pyridine rings is 1. The number of carbonyl (C=O) groups excluding carboxylic acids is 1. The molecule has 1 saturated heterocycles. The van der Waals surface area contributed by atoms with E-state index in [0.717, 1.165) is 19.4 Å². The summed E-state index contributed by atoms with van der Waals surface area (Å²) in [7, 11) is 0. The van der Waals surface area contributed by atoms with Gasteiger partial charge < -0.3 is 10.6 Å². The molecule has 1 aromatic heterocycles. The Labute approximate surface area is 93.5 Å². The smallest absolute Gasteiger partial charge is 0.240 e. The maximum Gasteiger partial charge on any atom is 0.240 e. The number of hydrogen-bond donors (Lipinski definition) is 1. The van der Waals surface area contributed by atoms with E-state index >= 15 is 0 Å². The van der Waals surface area contributed by atoms with Crippen LogP contribution in [0.4, 0.5) is 5.82 Å². The minimum absolute atomic E-state index is 0.290. The molecule has 0 radical (unpaired) electrons. The Balaban J connectivity index is 2.29. The van der Waals surface area contributed by atoms with Gasteiger partial charge in [0.25, 0.3) is 0 Å². The van der Waals surface area contributed by atoms with Crippen LogP contribution in [0.3, 0.4) is 0 Å². The van der Waals surface area contributed by atoms with Gasteiger partial charge in [-0.15, -0.1) is 0 Å². The topological polar surface area (TPSA) is 83.0 Å². The molecular formula is C11H12N4O. The Morgan fingerprint density at radius 2 is 2.44 bits per heavy atom. The predicted molar refractivity (Wildman–Crippen MR) is 58.5 cm³/mol. The van der Waals surface area contributed by atoms with E-state index in [9.17, 15) is 4.79 Å². The lowest BCUT2D eigenvalue weighted by Gasteiger charge is -2.23. The van der Waals surface area contributed by atoms with Crippen molar-refractivity contribution in [3.63, 3.8) is 0 Å². The van der Waals surface area contributed by atoms with Crippen LogP contribution in [0, 0.1) is 11.3 Å². The van der Waals surface area contributed by atoms with E-state index in [1.165, 1.54) is 0 Å². The fourth-order valence-electron chi connectivity index (χ4n) is 1.98. The van der Waals surface area contributed by atoms with Crippen LogP contribution in [0.25, 0.3) is 0 Å². The first-order valence-electron chi connectivity index (χ1n) is 5.15. The molecule has 1 fully saturated rings. The van der Waals surface area contributed by atoms with Gasteiger partial charge in [0.05, 0.1) is 0 Å². The normalized spacial score (nSPS) is 19.4. The molecule has 2 heterocycles. The van der Waals surface area contributed by atoms with Crippen LogP contribution < -0.4 is 10.6 Å². The second-order valence-electron chi connectivity index (χ2n) is 3.75. The van der Waals surface area contributed by atoms with Crippen molar-refractivity contribution in [3.05, 3.63) is 23.9 Å². The molecule has 1 aromatic rings. The third kappa shape index (κ3) is 1.82. The number of anilines is 1. The number of rotatable bonds is 2. The number of hydrogen-bond acceptors (Lipinski definition) is 4. The summed E-state index contributed by atoms with van der Waals surface area (Å²) in [5.74, 6) is 0.321. The van der Waals surface area contributed by atoms with Crippen molar-refractivity contribution in [2.45, 2.75) is 18.9 Å². The second-order valence-corrected chi connectivity index (χ2v) is 3.75. The van der Waals surface area contributed by atoms with E-state index in [4.69, 9.17) is 11.0 Å². The molecule has 0 saturated carbocycles. The Kier molecular flexibility index (Phi) is 2.73. The molecule has 0 bridgehead atoms. The van der Waals surface area contributed by atoms with E-state index in [1.807, 2.05) is 11.0 Å². The monoisotopic (exact) mass is 216 g/mol. The van der Waals surface area contributed by atoms with Crippen molar-refractivity contribution in [2.75, 3.05) is 11.4 Å². The third-order valence-corrected chi connectivity index (χ3v) is 2.72. The quantitative estimate of drug-likeness (QED) is 0.776. The number of primary amides is 1. The maximum atomic E-state index is 11.2. The fraction of sp³-hybridized carbons (Fsp3) is 0.364. The standard InChI is InChI=1S/C11H12N4O/c12-7-8-3-1-5-10(14-8)15-6-2-4-9(15)11(13)16/h1,3,5,9H,2,4,6H2,(H2,13,16). The zero-order chi connectivity index (χ0) is 11.5. The summed E-state index contributed by atoms with van der Waals surface area (Å²) >= 11 is 0. The summed E-state index contributed by atoms with van der Waals surface area (Å²) in [6.45, 7) is 0.759. The van der Waals surface area contributed by atoms with Gasteiger partial charge in [-0.3, -0.25) is 4.79 Å². The van der Waals surface area contributed by atoms with E-state index in [-0.39, 0.29) is 11.9 Å². The molecule has 0 aliphatic carbocycles. The first-order valence-corrected chi connectivity index (χ1v) is 5.15. The van der Waals surface area contributed by atoms with Gasteiger partial charge in [0.1, 0.15) is 23.6 Å². The van der Waals surface area contributed by atoms with Crippen LogP contribution in [-0.4, -0.2) is 23.5 Å². The summed E-state index contributed by atoms with van der Waals surface area (Å²) in [5.41, 5.74) is 5.68. The highest BCUT2D eigenvalue weighted by Crippen LogP contribution is 2.23. The Bertz CT molecular complexity index is 452. The van der Waals surface area contributed by atoms with Crippen molar-refractivity contribution < 1.29 is 4.79 Å². The van der Waals surface area contributed by atoms with Crippen LogP contribution in [0.15, 0.2) is 18.2 Å². The maximum absolute atomic E-state index is 11.2. The molecule has 0 spiro atoms. The lowest BCUT2D eigenvalue weighted by Crippen LogP contribution is -2.40. The molecule has 82 valence electrons. The molecule has 2 rings (SSSR count). The van der Waals surface area contributed by atoms with Gasteiger partial charge in [0, 0.05) is 6.54 Å². The van der Waals surface area contributed by atoms with Crippen molar-refractivity contribution >= 4 is 11.7 Å². The van der Waals surface area contributed by atoms with Gasteiger partial charge >= 0.3 is 0 Å². The van der Waals surface area contributed by atoms with Crippen molar-refractivity contribution in [2.24, 2.45) is 5.73 Å². The molecular weight excluding hydrogens is 204 g/mol. The van der Waals surface area contributed by atoms with Gasteiger partial charge in [-0.25, -0.2) is 4.98 Å². The number of nitrogens with two attached hydrogens (primary N) is 1. The van der Waals surface area contributed by atoms with Crippen molar-refractivity contribution in [3.8, 4) is 6.07 Å². The highest BCUT2D eigenvalue weighted by atomic mass is 16.1. The molecule has 1 aliphatic heterocycles. The van der Waals surface area contributed by atoms with Crippen LogP contribution in [0.1, 0.15) is 18.5 Å². The molecule has 0 aromatic carbocycles. The van der Waals surface area contributed by atoms with Crippen LogP contribution in [-0.2, 0) is 4.79 Å². The average molecular weight is 216 g/mol. The van der Waals surface area contributed by atoms with E-state index in [0.29, 0.717) is 11.5 Å². The van der Waals surface area contributed by atoms with E-state index in [2.05, 4.69) is 4.98 Å². The second kappa shape index (κ2) is 4.19. The number of amides is 1. The minimum Gasteiger partial charge on any atom is -0.368 e. The number of carbonyl (C=O) groups is 1. The summed E-state index contributed by atoms with van der Waals surface area (Å²) in [5, 5.41) is 8.76. The Morgan fingerprint density at radius 3 is 3.12 bits per heavy atom. The Morgan fingerprint density at radius 1 is 1.62 bits per heavy atom. The van der Waals surface area contributed by atoms with Gasteiger partial charge in [-0.1, -0.05) is 6.07 Å². The van der Waals surface area contributed by atoms with Gasteiger partial charge in [0.2, 0.25) is 5.91 Å². The molecule has 16 heavy (non-hydrogen) atoms. The molecule has 5 heteroatoms. The summed E-state index contributed by atoms with van der Waals surface area (Å²) in [4.78, 5) is 17.3. The zero-order valence-electron chi connectivity index (χ0n) is 8.76. The lowest BCUT2D eigenvalue weighted by atomic mass is 10.2. The minimum atomic E-state index is -0.332. The van der Waals surface area contributed by atoms with Gasteiger partial charge in [-0.05, 0) is 25.0 Å². The van der Waals surface area contributed by atoms with Crippen LogP contribution >= 0.6 is 0 Å². The SMILES string of the molecule is N#Cc1cccc(N2CCCC2C(N)=O)n1. The summed E-state index contributed by atoms with van der Waals surface area (Å²) in [6, 6.07) is 6.88. The van der Waals surface area contributed by atoms with E-state index < -0.39 is 0 Å². The number of nitriles is 1. The van der Waals surface area contributed by atoms with Crippen molar-refractivity contribution in [1.29, 1.82) is 5.26 Å². The van der Waals surface area contributed by atoms with E-state index in [1.54, 1.807) is 18.2 Å². The molecule has 1 amide bonds. The number of aromatic nitrogens is 1. The van der Waals surface area contributed by atoms with Crippen molar-refractivity contribution in [1.82, 2.24) is 4.98 Å². The summed E-state index contributed by atoms with van der Waals surface area (Å²) in [6.07, 6.45) is 1.68. The molecule has 5 nitrogen and oxygen atoms in total. The first-order chi connectivity index (χ1) is 7.72. The largest absolute Gasteiger partial charge is 0.368 e. The molecule has 1 aliphatic rings. The fourth-order valence-corrected chi connectivity index (χ4v) is 1.98. The van der Waals surface area contributed by atoms with Crippen LogP contribution in [0.2, 0.25) is 0 Å². The highest BCUT2D eigenvalue weighted by molar-refractivity contribution is 5.83. The first kappa shape index (κ1) is 10.4. The zero-order valence-corrected chi connectivity index (χ0v) is 8.76. The lowest BCUT2D eigenvalue weighted by molar-refractivity contribution is -0.119. The Hall–Kier alpha value is -2.09.